The number of carbonyl (C=O) groups is 1. The van der Waals surface area contributed by atoms with Crippen molar-refractivity contribution in [3.63, 3.8) is 0 Å². The standard InChI is InChI=1S/C21H20N2O2S/c1-25-14-13-17-7-10-18(11-8-17)19-15-26-21(22-19)23-20(24)12-9-16-5-3-2-4-6-16/h2-12,15H,13-14H2,1H3,(H,22,23,24)/b12-9+. The maximum Gasteiger partial charge on any atom is 0.250 e. The van der Waals surface area contributed by atoms with Crippen LogP contribution in [0.1, 0.15) is 11.1 Å². The molecular weight excluding hydrogens is 344 g/mol. The molecule has 0 bridgehead atoms. The second-order valence-electron chi connectivity index (χ2n) is 5.71. The number of hydrogen-bond donors (Lipinski definition) is 1. The second-order valence-corrected chi connectivity index (χ2v) is 6.57. The normalized spacial score (nSPS) is 11.0. The quantitative estimate of drug-likeness (QED) is 0.621. The molecule has 0 saturated carbocycles. The van der Waals surface area contributed by atoms with E-state index in [4.69, 9.17) is 4.74 Å². The summed E-state index contributed by atoms with van der Waals surface area (Å²) >= 11 is 1.42. The van der Waals surface area contributed by atoms with Crippen molar-refractivity contribution in [2.45, 2.75) is 6.42 Å². The van der Waals surface area contributed by atoms with Crippen LogP contribution in [0, 0.1) is 0 Å². The van der Waals surface area contributed by atoms with Crippen molar-refractivity contribution in [2.75, 3.05) is 19.0 Å². The number of nitrogens with one attached hydrogen (secondary N) is 1. The van der Waals surface area contributed by atoms with Crippen molar-refractivity contribution in [3.8, 4) is 11.3 Å². The van der Waals surface area contributed by atoms with E-state index in [2.05, 4.69) is 22.4 Å². The van der Waals surface area contributed by atoms with E-state index in [1.807, 2.05) is 47.8 Å². The average molecular weight is 364 g/mol. The first-order valence-electron chi connectivity index (χ1n) is 8.32. The molecule has 0 aliphatic rings. The molecule has 1 heterocycles. The molecule has 0 unspecified atom stereocenters. The van der Waals surface area contributed by atoms with E-state index in [0.717, 1.165) is 23.2 Å². The third-order valence-corrected chi connectivity index (χ3v) is 4.56. The maximum atomic E-state index is 12.0. The largest absolute Gasteiger partial charge is 0.384 e. The molecular formula is C21H20N2O2S. The molecule has 132 valence electrons. The van der Waals surface area contributed by atoms with Crippen LogP contribution in [0.3, 0.4) is 0 Å². The Bertz CT molecular complexity index is 871. The average Bonchev–Trinajstić information content (AvgIpc) is 3.14. The summed E-state index contributed by atoms with van der Waals surface area (Å²) in [5.41, 5.74) is 4.10. The molecule has 2 aromatic carbocycles. The predicted molar refractivity (Wildman–Crippen MR) is 107 cm³/mol. The van der Waals surface area contributed by atoms with Crippen molar-refractivity contribution < 1.29 is 9.53 Å². The number of anilines is 1. The zero-order valence-electron chi connectivity index (χ0n) is 14.5. The minimum atomic E-state index is -0.190. The van der Waals surface area contributed by atoms with Gasteiger partial charge in [-0.2, -0.15) is 0 Å². The van der Waals surface area contributed by atoms with E-state index in [1.165, 1.54) is 23.0 Å². The second kappa shape index (κ2) is 9.08. The van der Waals surface area contributed by atoms with Crippen LogP contribution in [0.5, 0.6) is 0 Å². The number of methoxy groups -OCH3 is 1. The fourth-order valence-corrected chi connectivity index (χ4v) is 3.13. The van der Waals surface area contributed by atoms with Crippen molar-refractivity contribution in [1.82, 2.24) is 4.98 Å². The highest BCUT2D eigenvalue weighted by Crippen LogP contribution is 2.25. The third-order valence-electron chi connectivity index (χ3n) is 3.81. The maximum absolute atomic E-state index is 12.0. The van der Waals surface area contributed by atoms with Gasteiger partial charge >= 0.3 is 0 Å². The summed E-state index contributed by atoms with van der Waals surface area (Å²) in [7, 11) is 1.70. The van der Waals surface area contributed by atoms with Gasteiger partial charge in [0, 0.05) is 24.1 Å². The molecule has 4 nitrogen and oxygen atoms in total. The van der Waals surface area contributed by atoms with Crippen LogP contribution < -0.4 is 5.32 Å². The number of carbonyl (C=O) groups excluding carboxylic acids is 1. The van der Waals surface area contributed by atoms with Gasteiger partial charge in [0.15, 0.2) is 5.13 Å². The number of amides is 1. The van der Waals surface area contributed by atoms with Crippen molar-refractivity contribution in [2.24, 2.45) is 0 Å². The molecule has 1 N–H and O–H groups in total. The van der Waals surface area contributed by atoms with Gasteiger partial charge in [0.2, 0.25) is 5.91 Å². The Labute approximate surface area is 157 Å². The summed E-state index contributed by atoms with van der Waals surface area (Å²) in [4.78, 5) is 16.5. The molecule has 1 amide bonds. The third kappa shape index (κ3) is 5.12. The highest BCUT2D eigenvalue weighted by atomic mass is 32.1. The van der Waals surface area contributed by atoms with Gasteiger partial charge in [0.1, 0.15) is 0 Å². The fraction of sp³-hybridized carbons (Fsp3) is 0.143. The number of aromatic nitrogens is 1. The van der Waals surface area contributed by atoms with Gasteiger partial charge in [0.25, 0.3) is 0 Å². The van der Waals surface area contributed by atoms with Crippen LogP contribution in [-0.2, 0) is 16.0 Å². The number of rotatable bonds is 7. The van der Waals surface area contributed by atoms with Crippen LogP contribution in [0.25, 0.3) is 17.3 Å². The predicted octanol–water partition coefficient (Wildman–Crippen LogP) is 4.65. The smallest absolute Gasteiger partial charge is 0.250 e. The highest BCUT2D eigenvalue weighted by Gasteiger charge is 2.06. The Morgan fingerprint density at radius 2 is 1.92 bits per heavy atom. The lowest BCUT2D eigenvalue weighted by atomic mass is 10.1. The minimum absolute atomic E-state index is 0.190. The number of hydrogen-bond acceptors (Lipinski definition) is 4. The SMILES string of the molecule is COCCc1ccc(-c2csc(NC(=O)/C=C/c3ccccc3)n2)cc1. The van der Waals surface area contributed by atoms with Crippen molar-refractivity contribution in [1.29, 1.82) is 0 Å². The van der Waals surface area contributed by atoms with Crippen LogP contribution in [0.2, 0.25) is 0 Å². The number of thiazole rings is 1. The van der Waals surface area contributed by atoms with Gasteiger partial charge in [-0.1, -0.05) is 54.6 Å². The summed E-state index contributed by atoms with van der Waals surface area (Å²) in [6.45, 7) is 0.711. The van der Waals surface area contributed by atoms with E-state index in [0.29, 0.717) is 11.7 Å². The molecule has 0 aliphatic heterocycles. The van der Waals surface area contributed by atoms with Crippen molar-refractivity contribution in [3.05, 3.63) is 77.2 Å². The zero-order valence-corrected chi connectivity index (χ0v) is 15.3. The lowest BCUT2D eigenvalue weighted by Crippen LogP contribution is -2.07. The molecule has 3 rings (SSSR count). The van der Waals surface area contributed by atoms with Crippen LogP contribution in [0.15, 0.2) is 66.1 Å². The van der Waals surface area contributed by atoms with Gasteiger partial charge in [-0.05, 0) is 23.6 Å². The first-order chi connectivity index (χ1) is 12.7. The Morgan fingerprint density at radius 1 is 1.15 bits per heavy atom. The first-order valence-corrected chi connectivity index (χ1v) is 9.20. The Hall–Kier alpha value is -2.76. The molecule has 5 heteroatoms. The molecule has 3 aromatic rings. The van der Waals surface area contributed by atoms with Gasteiger partial charge in [0.05, 0.1) is 12.3 Å². The van der Waals surface area contributed by atoms with Crippen molar-refractivity contribution >= 4 is 28.5 Å². The fourth-order valence-electron chi connectivity index (χ4n) is 2.41. The number of benzene rings is 2. The monoisotopic (exact) mass is 364 g/mol. The molecule has 0 aliphatic carbocycles. The van der Waals surface area contributed by atoms with Gasteiger partial charge in [-0.25, -0.2) is 4.98 Å². The van der Waals surface area contributed by atoms with E-state index in [1.54, 1.807) is 13.2 Å². The molecule has 26 heavy (non-hydrogen) atoms. The summed E-state index contributed by atoms with van der Waals surface area (Å²) in [5, 5.41) is 5.34. The van der Waals surface area contributed by atoms with E-state index in [9.17, 15) is 4.79 Å². The van der Waals surface area contributed by atoms with Crippen LogP contribution >= 0.6 is 11.3 Å². The summed E-state index contributed by atoms with van der Waals surface area (Å²) in [6.07, 6.45) is 4.19. The van der Waals surface area contributed by atoms with Gasteiger partial charge < -0.3 is 4.74 Å². The zero-order chi connectivity index (χ0) is 18.2. The molecule has 1 aromatic heterocycles. The summed E-state index contributed by atoms with van der Waals surface area (Å²) < 4.78 is 5.09. The number of ether oxygens (including phenoxy) is 1. The topological polar surface area (TPSA) is 51.2 Å². The molecule has 0 saturated heterocycles. The Kier molecular flexibility index (Phi) is 6.30. The lowest BCUT2D eigenvalue weighted by molar-refractivity contribution is -0.111. The molecule has 0 fully saturated rings. The Balaban J connectivity index is 1.60. The highest BCUT2D eigenvalue weighted by molar-refractivity contribution is 7.14. The van der Waals surface area contributed by atoms with Gasteiger partial charge in [-0.15, -0.1) is 11.3 Å². The van der Waals surface area contributed by atoms with Crippen LogP contribution in [-0.4, -0.2) is 24.6 Å². The Morgan fingerprint density at radius 3 is 2.65 bits per heavy atom. The van der Waals surface area contributed by atoms with E-state index in [-0.39, 0.29) is 5.91 Å². The number of nitrogens with zero attached hydrogens (tertiary/aromatic N) is 1. The van der Waals surface area contributed by atoms with Gasteiger partial charge in [-0.3, -0.25) is 10.1 Å². The lowest BCUT2D eigenvalue weighted by Gasteiger charge is -2.02. The van der Waals surface area contributed by atoms with Crippen LogP contribution in [0.4, 0.5) is 5.13 Å². The molecule has 0 spiro atoms. The summed E-state index contributed by atoms with van der Waals surface area (Å²) in [5.74, 6) is -0.190. The first kappa shape index (κ1) is 18.0. The minimum Gasteiger partial charge on any atom is -0.384 e. The molecule has 0 atom stereocenters. The van der Waals surface area contributed by atoms with E-state index >= 15 is 0 Å². The molecule has 0 radical (unpaired) electrons. The summed E-state index contributed by atoms with van der Waals surface area (Å²) in [6, 6.07) is 17.9. The van der Waals surface area contributed by atoms with E-state index < -0.39 is 0 Å².